The van der Waals surface area contributed by atoms with Crippen molar-refractivity contribution in [1.82, 2.24) is 4.90 Å². The van der Waals surface area contributed by atoms with Crippen molar-refractivity contribution in [3.05, 3.63) is 23.8 Å². The first-order chi connectivity index (χ1) is 8.58. The van der Waals surface area contributed by atoms with E-state index < -0.39 is 5.91 Å². The van der Waals surface area contributed by atoms with E-state index in [9.17, 15) is 4.79 Å². The van der Waals surface area contributed by atoms with Crippen molar-refractivity contribution in [1.29, 1.82) is 0 Å². The summed E-state index contributed by atoms with van der Waals surface area (Å²) < 4.78 is 5.87. The summed E-state index contributed by atoms with van der Waals surface area (Å²) in [5.74, 6) is -0.0789. The lowest BCUT2D eigenvalue weighted by Crippen LogP contribution is -2.36. The maximum absolute atomic E-state index is 11.3. The van der Waals surface area contributed by atoms with Crippen LogP contribution in [0.15, 0.2) is 18.2 Å². The van der Waals surface area contributed by atoms with Crippen LogP contribution in [0.2, 0.25) is 0 Å². The SMILES string of the molecule is CN1CCC(Oc2c(N)cccc2C(N)=O)CC1. The van der Waals surface area contributed by atoms with Crippen LogP contribution in [0.25, 0.3) is 0 Å². The Labute approximate surface area is 107 Å². The van der Waals surface area contributed by atoms with Crippen LogP contribution in [0, 0.1) is 0 Å². The zero-order chi connectivity index (χ0) is 13.1. The predicted molar refractivity (Wildman–Crippen MR) is 70.5 cm³/mol. The van der Waals surface area contributed by atoms with Crippen LogP contribution in [-0.2, 0) is 0 Å². The van der Waals surface area contributed by atoms with Gasteiger partial charge in [0.2, 0.25) is 0 Å². The van der Waals surface area contributed by atoms with Crippen LogP contribution in [0.4, 0.5) is 5.69 Å². The van der Waals surface area contributed by atoms with Gasteiger partial charge in [-0.25, -0.2) is 0 Å². The third-order valence-corrected chi connectivity index (χ3v) is 3.26. The average Bonchev–Trinajstić information content (AvgIpc) is 2.34. The second-order valence-corrected chi connectivity index (χ2v) is 4.71. The molecule has 2 rings (SSSR count). The number of hydrogen-bond acceptors (Lipinski definition) is 4. The molecule has 0 aliphatic carbocycles. The summed E-state index contributed by atoms with van der Waals surface area (Å²) in [6.07, 6.45) is 1.97. The summed E-state index contributed by atoms with van der Waals surface area (Å²) in [5, 5.41) is 0. The molecule has 18 heavy (non-hydrogen) atoms. The van der Waals surface area contributed by atoms with E-state index in [1.807, 2.05) is 0 Å². The van der Waals surface area contributed by atoms with Gasteiger partial charge < -0.3 is 21.1 Å². The highest BCUT2D eigenvalue weighted by Crippen LogP contribution is 2.29. The van der Waals surface area contributed by atoms with E-state index in [0.29, 0.717) is 17.0 Å². The molecular formula is C13H19N3O2. The standard InChI is InChI=1S/C13H19N3O2/c1-16-7-5-9(6-8-16)18-12-10(13(15)17)3-2-4-11(12)14/h2-4,9H,5-8,14H2,1H3,(H2,15,17). The molecule has 0 atom stereocenters. The molecule has 1 aliphatic rings. The number of nitrogens with zero attached hydrogens (tertiary/aromatic N) is 1. The Morgan fingerprint density at radius 3 is 2.67 bits per heavy atom. The number of nitrogen functional groups attached to an aromatic ring is 1. The van der Waals surface area contributed by atoms with Gasteiger partial charge in [0.05, 0.1) is 11.3 Å². The normalized spacial score (nSPS) is 17.6. The maximum Gasteiger partial charge on any atom is 0.252 e. The number of amides is 1. The van der Waals surface area contributed by atoms with Crippen molar-refractivity contribution in [2.24, 2.45) is 5.73 Å². The van der Waals surface area contributed by atoms with Crippen molar-refractivity contribution in [2.75, 3.05) is 25.9 Å². The fourth-order valence-electron chi connectivity index (χ4n) is 2.15. The molecule has 98 valence electrons. The number of ether oxygens (including phenoxy) is 1. The van der Waals surface area contributed by atoms with E-state index >= 15 is 0 Å². The topological polar surface area (TPSA) is 81.6 Å². The fraction of sp³-hybridized carbons (Fsp3) is 0.462. The smallest absolute Gasteiger partial charge is 0.252 e. The van der Waals surface area contributed by atoms with E-state index in [2.05, 4.69) is 11.9 Å². The molecule has 0 saturated carbocycles. The molecule has 0 bridgehead atoms. The summed E-state index contributed by atoms with van der Waals surface area (Å²) >= 11 is 0. The predicted octanol–water partition coefficient (Wildman–Crippen LogP) is 0.841. The second kappa shape index (κ2) is 5.27. The Morgan fingerprint density at radius 1 is 1.39 bits per heavy atom. The van der Waals surface area contributed by atoms with Gasteiger partial charge in [0.1, 0.15) is 6.10 Å². The number of nitrogens with two attached hydrogens (primary N) is 2. The number of likely N-dealkylation sites (tertiary alicyclic amines) is 1. The van der Waals surface area contributed by atoms with Crippen molar-refractivity contribution in [2.45, 2.75) is 18.9 Å². The Morgan fingerprint density at radius 2 is 2.06 bits per heavy atom. The molecule has 1 heterocycles. The van der Waals surface area contributed by atoms with Crippen LogP contribution in [0.5, 0.6) is 5.75 Å². The van der Waals surface area contributed by atoms with Crippen molar-refractivity contribution in [3.63, 3.8) is 0 Å². The molecule has 0 radical (unpaired) electrons. The first-order valence-electron chi connectivity index (χ1n) is 6.11. The van der Waals surface area contributed by atoms with Crippen LogP contribution in [0.3, 0.4) is 0 Å². The lowest BCUT2D eigenvalue weighted by Gasteiger charge is -2.30. The van der Waals surface area contributed by atoms with Gasteiger partial charge in [-0.1, -0.05) is 6.07 Å². The van der Waals surface area contributed by atoms with Crippen molar-refractivity contribution < 1.29 is 9.53 Å². The summed E-state index contributed by atoms with van der Waals surface area (Å²) in [6, 6.07) is 5.07. The lowest BCUT2D eigenvalue weighted by atomic mass is 10.1. The first kappa shape index (κ1) is 12.7. The Balaban J connectivity index is 2.15. The summed E-state index contributed by atoms with van der Waals surface area (Å²) in [7, 11) is 2.09. The van der Waals surface area contributed by atoms with Crippen LogP contribution < -0.4 is 16.2 Å². The van der Waals surface area contributed by atoms with Crippen molar-refractivity contribution in [3.8, 4) is 5.75 Å². The molecule has 0 unspecified atom stereocenters. The number of anilines is 1. The van der Waals surface area contributed by atoms with Crippen LogP contribution in [-0.4, -0.2) is 37.0 Å². The maximum atomic E-state index is 11.3. The largest absolute Gasteiger partial charge is 0.487 e. The molecular weight excluding hydrogens is 230 g/mol. The van der Waals surface area contributed by atoms with E-state index in [1.54, 1.807) is 18.2 Å². The summed E-state index contributed by atoms with van der Waals surface area (Å²) in [4.78, 5) is 13.6. The summed E-state index contributed by atoms with van der Waals surface area (Å²) in [6.45, 7) is 1.98. The number of hydrogen-bond donors (Lipinski definition) is 2. The first-order valence-corrected chi connectivity index (χ1v) is 6.11. The number of benzene rings is 1. The van der Waals surface area contributed by atoms with E-state index in [4.69, 9.17) is 16.2 Å². The molecule has 5 heteroatoms. The molecule has 1 aromatic carbocycles. The van der Waals surface area contributed by atoms with Crippen LogP contribution >= 0.6 is 0 Å². The fourth-order valence-corrected chi connectivity index (χ4v) is 2.15. The van der Waals surface area contributed by atoms with Gasteiger partial charge in [-0.3, -0.25) is 4.79 Å². The van der Waals surface area contributed by atoms with E-state index in [-0.39, 0.29) is 6.10 Å². The van der Waals surface area contributed by atoms with Gasteiger partial charge in [-0.15, -0.1) is 0 Å². The molecule has 5 nitrogen and oxygen atoms in total. The Kier molecular flexibility index (Phi) is 3.72. The van der Waals surface area contributed by atoms with Crippen molar-refractivity contribution >= 4 is 11.6 Å². The minimum Gasteiger partial charge on any atom is -0.487 e. The van der Waals surface area contributed by atoms with Gasteiger partial charge in [-0.2, -0.15) is 0 Å². The molecule has 1 aromatic rings. The number of carbonyl (C=O) groups is 1. The van der Waals surface area contributed by atoms with Crippen LogP contribution in [0.1, 0.15) is 23.2 Å². The highest BCUT2D eigenvalue weighted by atomic mass is 16.5. The zero-order valence-corrected chi connectivity index (χ0v) is 10.6. The highest BCUT2D eigenvalue weighted by molar-refractivity contribution is 5.97. The third kappa shape index (κ3) is 2.73. The quantitative estimate of drug-likeness (QED) is 0.778. The van der Waals surface area contributed by atoms with Gasteiger partial charge in [-0.05, 0) is 32.0 Å². The van der Waals surface area contributed by atoms with Gasteiger partial charge >= 0.3 is 0 Å². The Hall–Kier alpha value is -1.75. The van der Waals surface area contributed by atoms with Gasteiger partial charge in [0.15, 0.2) is 5.75 Å². The minimum absolute atomic E-state index is 0.101. The number of primary amides is 1. The number of rotatable bonds is 3. The molecule has 4 N–H and O–H groups in total. The van der Waals surface area contributed by atoms with Gasteiger partial charge in [0, 0.05) is 13.1 Å². The van der Waals surface area contributed by atoms with E-state index in [0.717, 1.165) is 25.9 Å². The lowest BCUT2D eigenvalue weighted by molar-refractivity contribution is 0.0971. The molecule has 0 spiro atoms. The monoisotopic (exact) mass is 249 g/mol. The highest BCUT2D eigenvalue weighted by Gasteiger charge is 2.21. The minimum atomic E-state index is -0.509. The number of carbonyl (C=O) groups excluding carboxylic acids is 1. The zero-order valence-electron chi connectivity index (χ0n) is 10.6. The molecule has 1 aliphatic heterocycles. The number of para-hydroxylation sites is 1. The third-order valence-electron chi connectivity index (χ3n) is 3.26. The molecule has 0 aromatic heterocycles. The van der Waals surface area contributed by atoms with Gasteiger partial charge in [0.25, 0.3) is 5.91 Å². The summed E-state index contributed by atoms with van der Waals surface area (Å²) in [5.41, 5.74) is 12.0. The average molecular weight is 249 g/mol. The van der Waals surface area contributed by atoms with E-state index in [1.165, 1.54) is 0 Å². The Bertz CT molecular complexity index is 440. The number of piperidine rings is 1. The molecule has 1 saturated heterocycles. The second-order valence-electron chi connectivity index (χ2n) is 4.71. The molecule has 1 amide bonds. The molecule has 1 fully saturated rings.